The van der Waals surface area contributed by atoms with Crippen molar-refractivity contribution in [3.05, 3.63) is 83.1 Å². The van der Waals surface area contributed by atoms with Gasteiger partial charge >= 0.3 is 0 Å². The SMILES string of the molecule is CCCC(NCc1ccc(-c2ccc(Cl)cc2)o1)c1ccccc1. The van der Waals surface area contributed by atoms with Crippen molar-refractivity contribution in [3.8, 4) is 11.3 Å². The quantitative estimate of drug-likeness (QED) is 0.551. The van der Waals surface area contributed by atoms with Gasteiger partial charge in [-0.25, -0.2) is 0 Å². The number of nitrogens with one attached hydrogen (secondary N) is 1. The van der Waals surface area contributed by atoms with Crippen LogP contribution in [0.1, 0.15) is 37.1 Å². The summed E-state index contributed by atoms with van der Waals surface area (Å²) in [6.07, 6.45) is 2.25. The Morgan fingerprint density at radius 3 is 2.42 bits per heavy atom. The van der Waals surface area contributed by atoms with E-state index in [0.29, 0.717) is 12.6 Å². The van der Waals surface area contributed by atoms with E-state index in [2.05, 4.69) is 42.6 Å². The van der Waals surface area contributed by atoms with E-state index in [1.54, 1.807) is 0 Å². The molecule has 3 aromatic rings. The summed E-state index contributed by atoms with van der Waals surface area (Å²) >= 11 is 5.94. The zero-order chi connectivity index (χ0) is 16.8. The van der Waals surface area contributed by atoms with Crippen molar-refractivity contribution in [2.24, 2.45) is 0 Å². The van der Waals surface area contributed by atoms with Gasteiger partial charge in [0.2, 0.25) is 0 Å². The Morgan fingerprint density at radius 2 is 1.71 bits per heavy atom. The standard InChI is InChI=1S/C21H22ClNO/c1-2-6-20(16-7-4-3-5-8-16)23-15-19-13-14-21(24-19)17-9-11-18(22)12-10-17/h3-5,7-14,20,23H,2,6,15H2,1H3. The fourth-order valence-corrected chi connectivity index (χ4v) is 2.95. The fourth-order valence-electron chi connectivity index (χ4n) is 2.83. The highest BCUT2D eigenvalue weighted by molar-refractivity contribution is 6.30. The molecule has 0 fully saturated rings. The van der Waals surface area contributed by atoms with Gasteiger partial charge in [0, 0.05) is 16.6 Å². The molecule has 0 saturated carbocycles. The summed E-state index contributed by atoms with van der Waals surface area (Å²) in [5.74, 6) is 1.81. The van der Waals surface area contributed by atoms with Crippen LogP contribution in [0.4, 0.5) is 0 Å². The minimum Gasteiger partial charge on any atom is -0.460 e. The summed E-state index contributed by atoms with van der Waals surface area (Å²) in [5, 5.41) is 4.35. The first-order chi connectivity index (χ1) is 11.8. The summed E-state index contributed by atoms with van der Waals surface area (Å²) < 4.78 is 5.97. The molecule has 2 nitrogen and oxygen atoms in total. The van der Waals surface area contributed by atoms with Crippen LogP contribution in [0.5, 0.6) is 0 Å². The van der Waals surface area contributed by atoms with Crippen LogP contribution in [0.25, 0.3) is 11.3 Å². The lowest BCUT2D eigenvalue weighted by atomic mass is 10.0. The van der Waals surface area contributed by atoms with E-state index in [-0.39, 0.29) is 0 Å². The summed E-state index contributed by atoms with van der Waals surface area (Å²) in [4.78, 5) is 0. The average Bonchev–Trinajstić information content (AvgIpc) is 3.09. The second kappa shape index (κ2) is 8.18. The highest BCUT2D eigenvalue weighted by Crippen LogP contribution is 2.25. The Hall–Kier alpha value is -2.03. The molecule has 1 aromatic heterocycles. The molecule has 0 bridgehead atoms. The molecule has 124 valence electrons. The molecule has 0 aliphatic rings. The van der Waals surface area contributed by atoms with Crippen LogP contribution in [-0.4, -0.2) is 0 Å². The Morgan fingerprint density at radius 1 is 0.958 bits per heavy atom. The van der Waals surface area contributed by atoms with Crippen LogP contribution in [0.15, 0.2) is 71.1 Å². The van der Waals surface area contributed by atoms with E-state index in [4.69, 9.17) is 16.0 Å². The van der Waals surface area contributed by atoms with Crippen molar-refractivity contribution in [1.29, 1.82) is 0 Å². The number of halogens is 1. The van der Waals surface area contributed by atoms with Gasteiger partial charge in [0.15, 0.2) is 0 Å². The van der Waals surface area contributed by atoms with Gasteiger partial charge in [-0.15, -0.1) is 0 Å². The van der Waals surface area contributed by atoms with E-state index in [1.165, 1.54) is 5.56 Å². The van der Waals surface area contributed by atoms with E-state index in [0.717, 1.165) is 34.9 Å². The third-order valence-corrected chi connectivity index (χ3v) is 4.34. The Bertz CT molecular complexity index is 749. The van der Waals surface area contributed by atoms with Gasteiger partial charge in [0.25, 0.3) is 0 Å². The van der Waals surface area contributed by atoms with Crippen LogP contribution in [0.2, 0.25) is 5.02 Å². The Labute approximate surface area is 148 Å². The predicted octanol–water partition coefficient (Wildman–Crippen LogP) is 6.23. The van der Waals surface area contributed by atoms with Gasteiger partial charge in [-0.2, -0.15) is 0 Å². The topological polar surface area (TPSA) is 25.2 Å². The molecular weight excluding hydrogens is 318 g/mol. The van der Waals surface area contributed by atoms with E-state index in [1.807, 2.05) is 36.4 Å². The van der Waals surface area contributed by atoms with E-state index < -0.39 is 0 Å². The molecule has 2 aromatic carbocycles. The predicted molar refractivity (Wildman–Crippen MR) is 100 cm³/mol. The summed E-state index contributed by atoms with van der Waals surface area (Å²) in [6.45, 7) is 2.93. The van der Waals surface area contributed by atoms with Crippen molar-refractivity contribution in [2.45, 2.75) is 32.4 Å². The Balaban J connectivity index is 1.66. The molecule has 0 saturated heterocycles. The second-order valence-electron chi connectivity index (χ2n) is 5.91. The van der Waals surface area contributed by atoms with Crippen LogP contribution in [0.3, 0.4) is 0 Å². The smallest absolute Gasteiger partial charge is 0.134 e. The summed E-state index contributed by atoms with van der Waals surface area (Å²) in [7, 11) is 0. The first-order valence-electron chi connectivity index (χ1n) is 8.39. The average molecular weight is 340 g/mol. The minimum atomic E-state index is 0.347. The van der Waals surface area contributed by atoms with E-state index >= 15 is 0 Å². The van der Waals surface area contributed by atoms with Gasteiger partial charge < -0.3 is 9.73 Å². The number of rotatable bonds is 7. The molecule has 0 amide bonds. The molecule has 3 rings (SSSR count). The number of hydrogen-bond donors (Lipinski definition) is 1. The lowest BCUT2D eigenvalue weighted by molar-refractivity contribution is 0.439. The van der Waals surface area contributed by atoms with Crippen molar-refractivity contribution >= 4 is 11.6 Å². The van der Waals surface area contributed by atoms with Crippen LogP contribution in [0, 0.1) is 0 Å². The van der Waals surface area contributed by atoms with Gasteiger partial charge in [-0.3, -0.25) is 0 Å². The normalized spacial score (nSPS) is 12.2. The summed E-state index contributed by atoms with van der Waals surface area (Å²) in [5.41, 5.74) is 2.36. The lowest BCUT2D eigenvalue weighted by Gasteiger charge is -2.17. The molecule has 0 spiro atoms. The maximum absolute atomic E-state index is 5.97. The highest BCUT2D eigenvalue weighted by atomic mass is 35.5. The van der Waals surface area contributed by atoms with Gasteiger partial charge in [0.1, 0.15) is 11.5 Å². The third kappa shape index (κ3) is 4.28. The molecule has 1 atom stereocenters. The van der Waals surface area contributed by atoms with Gasteiger partial charge in [-0.05, 0) is 48.4 Å². The van der Waals surface area contributed by atoms with Crippen molar-refractivity contribution in [1.82, 2.24) is 5.32 Å². The highest BCUT2D eigenvalue weighted by Gasteiger charge is 2.11. The second-order valence-corrected chi connectivity index (χ2v) is 6.34. The van der Waals surface area contributed by atoms with E-state index in [9.17, 15) is 0 Å². The zero-order valence-corrected chi connectivity index (χ0v) is 14.6. The monoisotopic (exact) mass is 339 g/mol. The third-order valence-electron chi connectivity index (χ3n) is 4.09. The molecule has 0 aliphatic heterocycles. The number of hydrogen-bond acceptors (Lipinski definition) is 2. The molecular formula is C21H22ClNO. The minimum absolute atomic E-state index is 0.347. The molecule has 0 aliphatic carbocycles. The Kier molecular flexibility index (Phi) is 5.73. The molecule has 1 unspecified atom stereocenters. The van der Waals surface area contributed by atoms with Crippen molar-refractivity contribution in [3.63, 3.8) is 0 Å². The van der Waals surface area contributed by atoms with Gasteiger partial charge in [-0.1, -0.05) is 55.3 Å². The zero-order valence-electron chi connectivity index (χ0n) is 13.8. The first kappa shape index (κ1) is 16.8. The summed E-state index contributed by atoms with van der Waals surface area (Å²) in [6, 6.07) is 22.7. The lowest BCUT2D eigenvalue weighted by Crippen LogP contribution is -2.20. The van der Waals surface area contributed by atoms with Crippen molar-refractivity contribution < 1.29 is 4.42 Å². The molecule has 1 N–H and O–H groups in total. The van der Waals surface area contributed by atoms with Crippen molar-refractivity contribution in [2.75, 3.05) is 0 Å². The molecule has 1 heterocycles. The molecule has 0 radical (unpaired) electrons. The maximum atomic E-state index is 5.97. The number of furan rings is 1. The van der Waals surface area contributed by atoms with Crippen LogP contribution >= 0.6 is 11.6 Å². The fraction of sp³-hybridized carbons (Fsp3) is 0.238. The molecule has 24 heavy (non-hydrogen) atoms. The largest absolute Gasteiger partial charge is 0.460 e. The van der Waals surface area contributed by atoms with Crippen LogP contribution in [-0.2, 0) is 6.54 Å². The maximum Gasteiger partial charge on any atom is 0.134 e. The first-order valence-corrected chi connectivity index (χ1v) is 8.77. The number of benzene rings is 2. The van der Waals surface area contributed by atoms with Crippen LogP contribution < -0.4 is 5.32 Å². The molecule has 3 heteroatoms. The van der Waals surface area contributed by atoms with Gasteiger partial charge in [0.05, 0.1) is 6.54 Å².